The molecular weight excluding hydrogens is 278 g/mol. The molecule has 0 aromatic rings. The van der Waals surface area contributed by atoms with Crippen LogP contribution < -0.4 is 5.32 Å². The Hall–Kier alpha value is -1.79. The van der Waals surface area contributed by atoms with Crippen LogP contribution in [0.1, 0.15) is 47.5 Å². The average Bonchev–Trinajstić information content (AvgIpc) is 2.35. The molecule has 0 heterocycles. The van der Waals surface area contributed by atoms with Crippen molar-refractivity contribution in [1.82, 2.24) is 5.32 Å². The van der Waals surface area contributed by atoms with Crippen LogP contribution in [0.2, 0.25) is 0 Å². The Labute approximate surface area is 125 Å². The third-order valence-electron chi connectivity index (χ3n) is 2.22. The maximum atomic E-state index is 11.8. The highest BCUT2D eigenvalue weighted by molar-refractivity contribution is 5.81. The summed E-state index contributed by atoms with van der Waals surface area (Å²) in [6.45, 7) is 8.70. The summed E-state index contributed by atoms with van der Waals surface area (Å²) >= 11 is 0. The molecule has 0 saturated heterocycles. The summed E-state index contributed by atoms with van der Waals surface area (Å²) in [7, 11) is 0. The van der Waals surface area contributed by atoms with E-state index in [1.165, 1.54) is 0 Å². The molecule has 0 aromatic heterocycles. The van der Waals surface area contributed by atoms with E-state index in [0.717, 1.165) is 0 Å². The molecule has 1 amide bonds. The summed E-state index contributed by atoms with van der Waals surface area (Å²) in [5.41, 5.74) is -0.669. The minimum atomic E-state index is -0.913. The van der Waals surface area contributed by atoms with Gasteiger partial charge in [0, 0.05) is 12.8 Å². The molecule has 0 fully saturated rings. The van der Waals surface area contributed by atoms with Gasteiger partial charge in [-0.15, -0.1) is 0 Å². The summed E-state index contributed by atoms with van der Waals surface area (Å²) < 4.78 is 14.8. The lowest BCUT2D eigenvalue weighted by molar-refractivity contribution is -0.149. The number of hydrogen-bond donors (Lipinski definition) is 1. The van der Waals surface area contributed by atoms with E-state index in [-0.39, 0.29) is 32.0 Å². The lowest BCUT2D eigenvalue weighted by Crippen LogP contribution is -2.45. The molecule has 0 unspecified atom stereocenters. The van der Waals surface area contributed by atoms with Crippen molar-refractivity contribution in [3.05, 3.63) is 0 Å². The monoisotopic (exact) mass is 303 g/mol. The number of esters is 2. The van der Waals surface area contributed by atoms with Crippen molar-refractivity contribution in [3.8, 4) is 0 Å². The van der Waals surface area contributed by atoms with Gasteiger partial charge < -0.3 is 19.5 Å². The van der Waals surface area contributed by atoms with E-state index < -0.39 is 23.7 Å². The smallest absolute Gasteiger partial charge is 0.408 e. The van der Waals surface area contributed by atoms with Gasteiger partial charge in [0.1, 0.15) is 11.6 Å². The van der Waals surface area contributed by atoms with Gasteiger partial charge in [0.15, 0.2) is 0 Å². The molecule has 7 nitrogen and oxygen atoms in total. The number of rotatable bonds is 7. The van der Waals surface area contributed by atoms with Gasteiger partial charge in [-0.2, -0.15) is 0 Å². The molecule has 0 bridgehead atoms. The predicted octanol–water partition coefficient (Wildman–Crippen LogP) is 1.79. The van der Waals surface area contributed by atoms with E-state index in [1.807, 2.05) is 0 Å². The Kier molecular flexibility index (Phi) is 8.42. The lowest BCUT2D eigenvalue weighted by Gasteiger charge is -2.22. The summed E-state index contributed by atoms with van der Waals surface area (Å²) in [5, 5.41) is 2.42. The van der Waals surface area contributed by atoms with Crippen molar-refractivity contribution in [1.29, 1.82) is 0 Å². The van der Waals surface area contributed by atoms with Gasteiger partial charge in [0.25, 0.3) is 0 Å². The SMILES string of the molecule is CCOC(=O)[C@H](CCOC(=O)CC)NC(=O)OC(C)(C)C. The van der Waals surface area contributed by atoms with Crippen LogP contribution in [0.15, 0.2) is 0 Å². The van der Waals surface area contributed by atoms with Crippen LogP contribution >= 0.6 is 0 Å². The molecule has 0 aliphatic rings. The zero-order valence-corrected chi connectivity index (χ0v) is 13.4. The van der Waals surface area contributed by atoms with Crippen molar-refractivity contribution in [3.63, 3.8) is 0 Å². The quantitative estimate of drug-likeness (QED) is 0.569. The second kappa shape index (κ2) is 9.20. The number of hydrogen-bond acceptors (Lipinski definition) is 6. The molecule has 0 spiro atoms. The van der Waals surface area contributed by atoms with Gasteiger partial charge in [-0.3, -0.25) is 4.79 Å². The first-order chi connectivity index (χ1) is 9.69. The highest BCUT2D eigenvalue weighted by Gasteiger charge is 2.25. The first-order valence-electron chi connectivity index (χ1n) is 7.01. The molecule has 1 N–H and O–H groups in total. The van der Waals surface area contributed by atoms with Gasteiger partial charge in [0.2, 0.25) is 0 Å². The van der Waals surface area contributed by atoms with E-state index in [4.69, 9.17) is 14.2 Å². The zero-order valence-electron chi connectivity index (χ0n) is 13.4. The highest BCUT2D eigenvalue weighted by Crippen LogP contribution is 2.08. The molecule has 0 saturated carbocycles. The van der Waals surface area contributed by atoms with Crippen molar-refractivity contribution < 1.29 is 28.6 Å². The van der Waals surface area contributed by atoms with Crippen LogP contribution in [0.25, 0.3) is 0 Å². The Morgan fingerprint density at radius 2 is 1.71 bits per heavy atom. The highest BCUT2D eigenvalue weighted by atomic mass is 16.6. The number of carbonyl (C=O) groups excluding carboxylic acids is 3. The van der Waals surface area contributed by atoms with E-state index in [2.05, 4.69) is 5.32 Å². The normalized spacial score (nSPS) is 12.2. The molecule has 0 aliphatic heterocycles. The fourth-order valence-electron chi connectivity index (χ4n) is 1.33. The third-order valence-corrected chi connectivity index (χ3v) is 2.22. The van der Waals surface area contributed by atoms with Crippen molar-refractivity contribution in [2.24, 2.45) is 0 Å². The molecule has 0 aromatic carbocycles. The molecule has 0 radical (unpaired) electrons. The van der Waals surface area contributed by atoms with Gasteiger partial charge in [-0.1, -0.05) is 6.92 Å². The number of carbonyl (C=O) groups is 3. The van der Waals surface area contributed by atoms with Crippen LogP contribution in [0.3, 0.4) is 0 Å². The first kappa shape index (κ1) is 19.2. The summed E-state index contributed by atoms with van der Waals surface area (Å²) in [6.07, 6.45) is -0.338. The number of alkyl carbamates (subject to hydrolysis) is 1. The van der Waals surface area contributed by atoms with Gasteiger partial charge >= 0.3 is 18.0 Å². The van der Waals surface area contributed by atoms with E-state index in [9.17, 15) is 14.4 Å². The predicted molar refractivity (Wildman–Crippen MR) is 75.7 cm³/mol. The largest absolute Gasteiger partial charge is 0.466 e. The topological polar surface area (TPSA) is 90.9 Å². The maximum Gasteiger partial charge on any atom is 0.408 e. The Morgan fingerprint density at radius 1 is 1.10 bits per heavy atom. The van der Waals surface area contributed by atoms with E-state index >= 15 is 0 Å². The van der Waals surface area contributed by atoms with Crippen molar-refractivity contribution >= 4 is 18.0 Å². The van der Waals surface area contributed by atoms with Gasteiger partial charge in [-0.05, 0) is 27.7 Å². The number of amides is 1. The Bertz CT molecular complexity index is 361. The van der Waals surface area contributed by atoms with Crippen LogP contribution in [0, 0.1) is 0 Å². The second-order valence-corrected chi connectivity index (χ2v) is 5.31. The summed E-state index contributed by atoms with van der Waals surface area (Å²) in [5.74, 6) is -0.953. The van der Waals surface area contributed by atoms with E-state index in [0.29, 0.717) is 0 Å². The Morgan fingerprint density at radius 3 is 2.19 bits per heavy atom. The number of nitrogens with one attached hydrogen (secondary N) is 1. The zero-order chi connectivity index (χ0) is 16.5. The number of ether oxygens (including phenoxy) is 3. The fraction of sp³-hybridized carbons (Fsp3) is 0.786. The van der Waals surface area contributed by atoms with Crippen LogP contribution in [-0.2, 0) is 23.8 Å². The summed E-state index contributed by atoms with van der Waals surface area (Å²) in [6, 6.07) is -0.913. The Balaban J connectivity index is 4.49. The molecule has 21 heavy (non-hydrogen) atoms. The maximum absolute atomic E-state index is 11.8. The molecule has 1 atom stereocenters. The first-order valence-corrected chi connectivity index (χ1v) is 7.01. The molecule has 7 heteroatoms. The minimum absolute atomic E-state index is 0.0198. The van der Waals surface area contributed by atoms with Gasteiger partial charge in [0.05, 0.1) is 13.2 Å². The molecule has 0 aliphatic carbocycles. The third kappa shape index (κ3) is 9.70. The van der Waals surface area contributed by atoms with Crippen molar-refractivity contribution in [2.75, 3.05) is 13.2 Å². The molecule has 0 rings (SSSR count). The molecule has 122 valence electrons. The van der Waals surface area contributed by atoms with Crippen molar-refractivity contribution in [2.45, 2.75) is 59.1 Å². The standard InChI is InChI=1S/C14H25NO6/c1-6-11(16)20-9-8-10(12(17)19-7-2)15-13(18)21-14(3,4)5/h10H,6-9H2,1-5H3,(H,15,18)/t10-/m0/s1. The van der Waals surface area contributed by atoms with Gasteiger partial charge in [-0.25, -0.2) is 9.59 Å². The van der Waals surface area contributed by atoms with Crippen LogP contribution in [0.5, 0.6) is 0 Å². The second-order valence-electron chi connectivity index (χ2n) is 5.31. The van der Waals surface area contributed by atoms with E-state index in [1.54, 1.807) is 34.6 Å². The fourth-order valence-corrected chi connectivity index (χ4v) is 1.33. The average molecular weight is 303 g/mol. The van der Waals surface area contributed by atoms with Crippen LogP contribution in [-0.4, -0.2) is 42.9 Å². The minimum Gasteiger partial charge on any atom is -0.466 e. The summed E-state index contributed by atoms with van der Waals surface area (Å²) in [4.78, 5) is 34.5. The molecular formula is C14H25NO6. The lowest BCUT2D eigenvalue weighted by atomic mass is 10.2. The van der Waals surface area contributed by atoms with Crippen LogP contribution in [0.4, 0.5) is 4.79 Å².